The molecule has 2 aliphatic carbocycles. The molecule has 10 heteroatoms. The number of nitrogens with zero attached hydrogens (tertiary/aromatic N) is 2. The van der Waals surface area contributed by atoms with Crippen LogP contribution in [0.15, 0.2) is 42.1 Å². The number of rotatable bonds is 11. The van der Waals surface area contributed by atoms with Crippen LogP contribution in [0.5, 0.6) is 5.75 Å². The Kier molecular flexibility index (Phi) is 7.35. The average molecular weight is 541 g/mol. The van der Waals surface area contributed by atoms with Crippen LogP contribution in [0, 0.1) is 5.92 Å². The van der Waals surface area contributed by atoms with E-state index in [0.29, 0.717) is 36.6 Å². The molecule has 1 atom stereocenters. The van der Waals surface area contributed by atoms with Crippen LogP contribution in [0.3, 0.4) is 0 Å². The van der Waals surface area contributed by atoms with Gasteiger partial charge in [0.1, 0.15) is 11.3 Å². The highest BCUT2D eigenvalue weighted by Crippen LogP contribution is 2.39. The van der Waals surface area contributed by atoms with Crippen molar-refractivity contribution < 1.29 is 22.7 Å². The largest absolute Gasteiger partial charge is 0.494 e. The Balaban J connectivity index is 1.46. The molecule has 2 saturated carbocycles. The number of benzene rings is 1. The molecule has 2 amide bonds. The molecule has 2 heterocycles. The molecule has 5 rings (SSSR count). The lowest BCUT2D eigenvalue weighted by Gasteiger charge is -2.37. The number of hydrogen-bond acceptors (Lipinski definition) is 6. The van der Waals surface area contributed by atoms with Gasteiger partial charge in [0.05, 0.1) is 23.1 Å². The maximum absolute atomic E-state index is 13.5. The van der Waals surface area contributed by atoms with Crippen LogP contribution in [-0.2, 0) is 31.7 Å². The summed E-state index contributed by atoms with van der Waals surface area (Å²) in [7, 11) is -3.82. The summed E-state index contributed by atoms with van der Waals surface area (Å²) in [5.41, 5.74) is 0.783. The lowest BCUT2D eigenvalue weighted by molar-refractivity contribution is -0.124. The van der Waals surface area contributed by atoms with Crippen molar-refractivity contribution in [3.63, 3.8) is 0 Å². The predicted octanol–water partition coefficient (Wildman–Crippen LogP) is 3.66. The van der Waals surface area contributed by atoms with E-state index in [9.17, 15) is 18.0 Å². The summed E-state index contributed by atoms with van der Waals surface area (Å²) in [6.07, 6.45) is 8.76. The van der Waals surface area contributed by atoms with Crippen molar-refractivity contribution >= 4 is 27.4 Å². The number of sulfonamides is 1. The van der Waals surface area contributed by atoms with E-state index in [1.54, 1.807) is 6.07 Å². The van der Waals surface area contributed by atoms with Gasteiger partial charge in [-0.2, -0.15) is 5.10 Å². The fraction of sp³-hybridized carbons (Fsp3) is 0.536. The molecule has 0 bridgehead atoms. The van der Waals surface area contributed by atoms with E-state index < -0.39 is 32.6 Å². The first-order chi connectivity index (χ1) is 18.2. The number of unbranched alkanes of at least 4 members (excludes halogenated alkanes) is 1. The van der Waals surface area contributed by atoms with Crippen LogP contribution >= 0.6 is 0 Å². The van der Waals surface area contributed by atoms with Crippen LogP contribution in [0.2, 0.25) is 0 Å². The summed E-state index contributed by atoms with van der Waals surface area (Å²) < 4.78 is 34.8. The minimum absolute atomic E-state index is 0.194. The van der Waals surface area contributed by atoms with Crippen LogP contribution in [0.4, 0.5) is 0 Å². The normalized spacial score (nSPS) is 22.1. The highest BCUT2D eigenvalue weighted by Gasteiger charge is 2.43. The van der Waals surface area contributed by atoms with Gasteiger partial charge < -0.3 is 10.1 Å². The van der Waals surface area contributed by atoms with Crippen molar-refractivity contribution in [2.75, 3.05) is 6.61 Å². The maximum atomic E-state index is 13.5. The topological polar surface area (TPSA) is 119 Å². The quantitative estimate of drug-likeness (QED) is 0.332. The summed E-state index contributed by atoms with van der Waals surface area (Å²) in [6.45, 7) is 5.44. The van der Waals surface area contributed by atoms with E-state index in [1.807, 2.05) is 42.1 Å². The fourth-order valence-corrected chi connectivity index (χ4v) is 6.31. The molecule has 204 valence electrons. The van der Waals surface area contributed by atoms with Gasteiger partial charge in [-0.1, -0.05) is 31.9 Å². The molecule has 0 saturated heterocycles. The summed E-state index contributed by atoms with van der Waals surface area (Å²) in [5.74, 6) is -0.182. The number of hydrogen-bond donors (Lipinski definition) is 2. The molecule has 0 spiro atoms. The van der Waals surface area contributed by atoms with E-state index in [-0.39, 0.29) is 12.0 Å². The maximum Gasteiger partial charge on any atom is 0.270 e. The number of carbonyl (C=O) groups excluding carboxylic acids is 2. The first-order valence-corrected chi connectivity index (χ1v) is 15.1. The first kappa shape index (κ1) is 26.5. The van der Waals surface area contributed by atoms with Crippen molar-refractivity contribution in [3.8, 4) is 5.75 Å². The molecule has 3 aliphatic rings. The lowest BCUT2D eigenvalue weighted by atomic mass is 9.79. The zero-order valence-electron chi connectivity index (χ0n) is 22.0. The summed E-state index contributed by atoms with van der Waals surface area (Å²) in [5, 5.41) is 7.11. The highest BCUT2D eigenvalue weighted by molar-refractivity contribution is 7.91. The Labute approximate surface area is 224 Å². The summed E-state index contributed by atoms with van der Waals surface area (Å²) in [6, 6.07) is 9.39. The van der Waals surface area contributed by atoms with Crippen molar-refractivity contribution in [1.29, 1.82) is 0 Å². The van der Waals surface area contributed by atoms with Gasteiger partial charge in [-0.3, -0.25) is 14.3 Å². The van der Waals surface area contributed by atoms with Gasteiger partial charge >= 0.3 is 0 Å². The van der Waals surface area contributed by atoms with E-state index in [0.717, 1.165) is 30.7 Å². The first-order valence-electron chi connectivity index (χ1n) is 13.6. The molecule has 1 aromatic carbocycles. The fourth-order valence-electron chi connectivity index (χ4n) is 5.03. The minimum atomic E-state index is -3.82. The molecular weight excluding hydrogens is 504 g/mol. The Hall–Kier alpha value is -3.14. The predicted molar refractivity (Wildman–Crippen MR) is 144 cm³/mol. The monoisotopic (exact) mass is 540 g/mol. The zero-order chi connectivity index (χ0) is 26.9. The molecule has 0 radical (unpaired) electrons. The van der Waals surface area contributed by atoms with E-state index >= 15 is 0 Å². The number of ether oxygens (including phenoxy) is 1. The molecule has 9 nitrogen and oxygen atoms in total. The Morgan fingerprint density at radius 2 is 1.92 bits per heavy atom. The number of carbonyl (C=O) groups is 2. The van der Waals surface area contributed by atoms with Crippen molar-refractivity contribution in [2.45, 2.75) is 82.5 Å². The molecule has 1 aromatic heterocycles. The smallest absolute Gasteiger partial charge is 0.270 e. The SMILES string of the molecule is CCCCOc1ccc([C@]2(C)CC(c3ccn(CC4CCC4)n3)=C(C(=O)NS(=O)(=O)C3CC3)C(=O)N2)cc1. The van der Waals surface area contributed by atoms with Gasteiger partial charge in [0.25, 0.3) is 11.8 Å². The number of aromatic nitrogens is 2. The second-order valence-corrected chi connectivity index (χ2v) is 12.9. The lowest BCUT2D eigenvalue weighted by Crippen LogP contribution is -2.51. The summed E-state index contributed by atoms with van der Waals surface area (Å²) >= 11 is 0. The Bertz CT molecular complexity index is 1340. The van der Waals surface area contributed by atoms with Gasteiger partial charge in [-0.15, -0.1) is 0 Å². The third-order valence-corrected chi connectivity index (χ3v) is 9.57. The molecule has 2 aromatic rings. The standard InChI is InChI=1S/C28H36N4O5S/c1-3-4-16-37-21-10-8-20(9-11-21)28(2)17-23(24-14-15-32(30-24)18-19-6-5-7-19)25(26(33)29-28)27(34)31-38(35,36)22-12-13-22/h8-11,14-15,19,22H,3-7,12-13,16-18H2,1-2H3,(H,29,33)(H,31,34)/t28-/m0/s1. The van der Waals surface area contributed by atoms with Gasteiger partial charge in [0.2, 0.25) is 10.0 Å². The van der Waals surface area contributed by atoms with Gasteiger partial charge in [0.15, 0.2) is 0 Å². The number of amides is 2. The van der Waals surface area contributed by atoms with Gasteiger partial charge in [-0.05, 0) is 68.7 Å². The highest BCUT2D eigenvalue weighted by atomic mass is 32.2. The zero-order valence-corrected chi connectivity index (χ0v) is 22.9. The molecule has 38 heavy (non-hydrogen) atoms. The van der Waals surface area contributed by atoms with E-state index in [4.69, 9.17) is 9.84 Å². The van der Waals surface area contributed by atoms with E-state index in [2.05, 4.69) is 17.0 Å². The molecule has 0 unspecified atom stereocenters. The molecule has 2 fully saturated rings. The second-order valence-electron chi connectivity index (χ2n) is 10.9. The van der Waals surface area contributed by atoms with Crippen molar-refractivity contribution in [2.24, 2.45) is 5.92 Å². The molecule has 2 N–H and O–H groups in total. The van der Waals surface area contributed by atoms with Gasteiger partial charge in [-0.25, -0.2) is 13.1 Å². The third-order valence-electron chi connectivity index (χ3n) is 7.75. The summed E-state index contributed by atoms with van der Waals surface area (Å²) in [4.78, 5) is 26.7. The van der Waals surface area contributed by atoms with Crippen LogP contribution in [-0.4, -0.2) is 41.9 Å². The Morgan fingerprint density at radius 1 is 1.18 bits per heavy atom. The second kappa shape index (κ2) is 10.6. The average Bonchev–Trinajstić information content (AvgIpc) is 3.61. The third kappa shape index (κ3) is 5.65. The Morgan fingerprint density at radius 3 is 2.55 bits per heavy atom. The van der Waals surface area contributed by atoms with Crippen molar-refractivity contribution in [3.05, 3.63) is 53.4 Å². The molecular formula is C28H36N4O5S. The minimum Gasteiger partial charge on any atom is -0.494 e. The van der Waals surface area contributed by atoms with E-state index in [1.165, 1.54) is 19.3 Å². The number of nitrogens with one attached hydrogen (secondary N) is 2. The van der Waals surface area contributed by atoms with Crippen LogP contribution in [0.25, 0.3) is 5.57 Å². The van der Waals surface area contributed by atoms with Crippen LogP contribution < -0.4 is 14.8 Å². The van der Waals surface area contributed by atoms with Crippen molar-refractivity contribution in [1.82, 2.24) is 19.8 Å². The van der Waals surface area contributed by atoms with Gasteiger partial charge in [0, 0.05) is 24.7 Å². The van der Waals surface area contributed by atoms with Crippen LogP contribution in [0.1, 0.15) is 76.5 Å². The molecule has 1 aliphatic heterocycles.